The Kier molecular flexibility index (Phi) is 5.99. The van der Waals surface area contributed by atoms with Gasteiger partial charge in [-0.2, -0.15) is 0 Å². The van der Waals surface area contributed by atoms with Gasteiger partial charge in [0, 0.05) is 47.6 Å². The van der Waals surface area contributed by atoms with E-state index in [-0.39, 0.29) is 0 Å². The van der Waals surface area contributed by atoms with Gasteiger partial charge in [-0.3, -0.25) is 0 Å². The second-order valence-corrected chi connectivity index (χ2v) is 13.6. The average molecular weight is 632 g/mol. The number of nitrogens with zero attached hydrogens (tertiary/aromatic N) is 1. The molecule has 0 saturated carbocycles. The van der Waals surface area contributed by atoms with Crippen LogP contribution >= 0.6 is 11.3 Å². The van der Waals surface area contributed by atoms with E-state index in [1.54, 1.807) is 0 Å². The van der Waals surface area contributed by atoms with Gasteiger partial charge >= 0.3 is 0 Å². The van der Waals surface area contributed by atoms with E-state index >= 15 is 0 Å². The maximum atomic E-state index is 6.98. The number of hydrogen-bond donors (Lipinski definition) is 0. The summed E-state index contributed by atoms with van der Waals surface area (Å²) in [6, 6.07) is 56.9. The Bertz CT molecular complexity index is 2860. The molecule has 10 rings (SSSR count). The zero-order chi connectivity index (χ0) is 31.8. The Morgan fingerprint density at radius 3 is 2.06 bits per heavy atom. The molecule has 0 aliphatic heterocycles. The molecular formula is C45H29NOS. The first kappa shape index (κ1) is 27.2. The van der Waals surface area contributed by atoms with Gasteiger partial charge in [-0.15, -0.1) is 11.3 Å². The van der Waals surface area contributed by atoms with Crippen LogP contribution < -0.4 is 4.90 Å². The number of fused-ring (bicyclic) bond motifs is 10. The minimum Gasteiger partial charge on any atom is -0.453 e. The topological polar surface area (TPSA) is 16.4 Å². The Morgan fingerprint density at radius 1 is 0.500 bits per heavy atom. The van der Waals surface area contributed by atoms with E-state index in [2.05, 4.69) is 170 Å². The number of para-hydroxylation sites is 2. The number of furan rings is 1. The average Bonchev–Trinajstić information content (AvgIpc) is 3.72. The number of benzene rings is 8. The van der Waals surface area contributed by atoms with Crippen molar-refractivity contribution in [2.24, 2.45) is 0 Å². The molecule has 0 saturated heterocycles. The molecule has 2 heterocycles. The number of hydrogen-bond acceptors (Lipinski definition) is 3. The normalized spacial score (nSPS) is 11.9. The van der Waals surface area contributed by atoms with Crippen LogP contribution in [0.4, 0.5) is 17.1 Å². The van der Waals surface area contributed by atoms with E-state index in [4.69, 9.17) is 4.42 Å². The van der Waals surface area contributed by atoms with E-state index in [1.165, 1.54) is 47.3 Å². The Hall–Kier alpha value is -5.90. The first-order valence-corrected chi connectivity index (χ1v) is 17.2. The summed E-state index contributed by atoms with van der Waals surface area (Å²) >= 11 is 1.89. The summed E-state index contributed by atoms with van der Waals surface area (Å²) in [6.45, 7) is 2.16. The van der Waals surface area contributed by atoms with Crippen molar-refractivity contribution in [3.63, 3.8) is 0 Å². The molecule has 0 atom stereocenters. The van der Waals surface area contributed by atoms with Crippen LogP contribution in [0.2, 0.25) is 0 Å². The molecule has 0 N–H and O–H groups in total. The van der Waals surface area contributed by atoms with Crippen LogP contribution in [0.25, 0.3) is 74.8 Å². The predicted molar refractivity (Wildman–Crippen MR) is 206 cm³/mol. The summed E-state index contributed by atoms with van der Waals surface area (Å²) in [5.41, 5.74) is 8.49. The van der Waals surface area contributed by atoms with Crippen LogP contribution in [0.15, 0.2) is 162 Å². The molecule has 0 bridgehead atoms. The lowest BCUT2D eigenvalue weighted by Gasteiger charge is -2.27. The fourth-order valence-electron chi connectivity index (χ4n) is 7.54. The maximum Gasteiger partial charge on any atom is 0.159 e. The monoisotopic (exact) mass is 631 g/mol. The fourth-order valence-corrected chi connectivity index (χ4v) is 8.82. The quantitative estimate of drug-likeness (QED) is 0.192. The SMILES string of the molecule is Cc1cccc(N(c2cc3sc4c5ccccc5ccc4c3c3ccccc23)c2cccc3c2oc2c(-c4ccccc4)cccc23)c1. The summed E-state index contributed by atoms with van der Waals surface area (Å²) in [5.74, 6) is 0. The second-order valence-electron chi connectivity index (χ2n) is 12.6. The van der Waals surface area contributed by atoms with E-state index in [0.29, 0.717) is 0 Å². The van der Waals surface area contributed by atoms with Crippen molar-refractivity contribution >= 4 is 92.1 Å². The van der Waals surface area contributed by atoms with Crippen molar-refractivity contribution in [3.8, 4) is 11.1 Å². The molecule has 0 aliphatic carbocycles. The van der Waals surface area contributed by atoms with Gasteiger partial charge in [0.1, 0.15) is 5.58 Å². The fraction of sp³-hybridized carbons (Fsp3) is 0.0222. The molecule has 226 valence electrons. The van der Waals surface area contributed by atoms with Gasteiger partial charge < -0.3 is 9.32 Å². The largest absolute Gasteiger partial charge is 0.453 e. The molecule has 3 heteroatoms. The molecule has 8 aromatic carbocycles. The van der Waals surface area contributed by atoms with Crippen molar-refractivity contribution < 1.29 is 4.42 Å². The molecular weight excluding hydrogens is 603 g/mol. The summed E-state index contributed by atoms with van der Waals surface area (Å²) < 4.78 is 9.59. The zero-order valence-corrected chi connectivity index (χ0v) is 27.1. The summed E-state index contributed by atoms with van der Waals surface area (Å²) in [6.07, 6.45) is 0. The molecule has 10 aromatic rings. The molecule has 0 unspecified atom stereocenters. The number of rotatable bonds is 4. The lowest BCUT2D eigenvalue weighted by Crippen LogP contribution is -2.11. The first-order chi connectivity index (χ1) is 23.7. The van der Waals surface area contributed by atoms with E-state index in [0.717, 1.165) is 50.1 Å². The van der Waals surface area contributed by atoms with Crippen molar-refractivity contribution in [2.75, 3.05) is 4.90 Å². The van der Waals surface area contributed by atoms with Crippen LogP contribution in [-0.2, 0) is 0 Å². The molecule has 2 aromatic heterocycles. The molecule has 0 spiro atoms. The Morgan fingerprint density at radius 2 is 1.21 bits per heavy atom. The van der Waals surface area contributed by atoms with Crippen LogP contribution in [0, 0.1) is 6.92 Å². The molecule has 48 heavy (non-hydrogen) atoms. The standard InChI is InChI=1S/C45H29NOS/c1-28-12-9-16-31(26-28)46(39-23-11-22-37-36-21-10-20-32(43(36)47-44(37)39)29-13-3-2-4-14-29)40-27-41-42(35-19-8-7-18-34(35)40)38-25-24-30-15-5-6-17-33(30)45(38)48-41/h2-27H,1H3. The lowest BCUT2D eigenvalue weighted by molar-refractivity contribution is 0.670. The number of thiophene rings is 1. The van der Waals surface area contributed by atoms with Gasteiger partial charge in [0.2, 0.25) is 0 Å². The molecule has 0 fully saturated rings. The van der Waals surface area contributed by atoms with Gasteiger partial charge in [-0.05, 0) is 58.5 Å². The lowest BCUT2D eigenvalue weighted by atomic mass is 9.99. The minimum atomic E-state index is 0.879. The molecule has 2 nitrogen and oxygen atoms in total. The molecule has 0 aliphatic rings. The van der Waals surface area contributed by atoms with Crippen molar-refractivity contribution in [1.82, 2.24) is 0 Å². The van der Waals surface area contributed by atoms with E-state index < -0.39 is 0 Å². The predicted octanol–water partition coefficient (Wildman–Crippen LogP) is 13.7. The van der Waals surface area contributed by atoms with Crippen LogP contribution in [0.3, 0.4) is 0 Å². The highest BCUT2D eigenvalue weighted by atomic mass is 32.1. The van der Waals surface area contributed by atoms with Crippen LogP contribution in [0.1, 0.15) is 5.56 Å². The first-order valence-electron chi connectivity index (χ1n) is 16.4. The minimum absolute atomic E-state index is 0.879. The summed E-state index contributed by atoms with van der Waals surface area (Å²) in [5, 5.41) is 9.90. The van der Waals surface area contributed by atoms with E-state index in [1.807, 2.05) is 11.3 Å². The summed E-state index contributed by atoms with van der Waals surface area (Å²) in [4.78, 5) is 2.41. The van der Waals surface area contributed by atoms with Gasteiger partial charge in [0.15, 0.2) is 5.58 Å². The smallest absolute Gasteiger partial charge is 0.159 e. The molecule has 0 amide bonds. The van der Waals surface area contributed by atoms with Gasteiger partial charge in [0.25, 0.3) is 0 Å². The van der Waals surface area contributed by atoms with Gasteiger partial charge in [-0.25, -0.2) is 0 Å². The second kappa shape index (κ2) is 10.6. The summed E-state index contributed by atoms with van der Waals surface area (Å²) in [7, 11) is 0. The number of anilines is 3. The Balaban J connectivity index is 1.31. The highest BCUT2D eigenvalue weighted by Crippen LogP contribution is 2.49. The zero-order valence-electron chi connectivity index (χ0n) is 26.3. The van der Waals surface area contributed by atoms with Crippen molar-refractivity contribution in [2.45, 2.75) is 6.92 Å². The third-order valence-electron chi connectivity index (χ3n) is 9.68. The third kappa shape index (κ3) is 4.05. The van der Waals surface area contributed by atoms with E-state index in [9.17, 15) is 0 Å². The number of aryl methyl sites for hydroxylation is 1. The third-order valence-corrected chi connectivity index (χ3v) is 10.9. The van der Waals surface area contributed by atoms with Crippen molar-refractivity contribution in [1.29, 1.82) is 0 Å². The highest BCUT2D eigenvalue weighted by Gasteiger charge is 2.24. The Labute approximate surface area is 281 Å². The van der Waals surface area contributed by atoms with Gasteiger partial charge in [0.05, 0.1) is 11.4 Å². The highest BCUT2D eigenvalue weighted by molar-refractivity contribution is 7.27. The maximum absolute atomic E-state index is 6.98. The van der Waals surface area contributed by atoms with Crippen LogP contribution in [-0.4, -0.2) is 0 Å². The molecule has 0 radical (unpaired) electrons. The van der Waals surface area contributed by atoms with Crippen LogP contribution in [0.5, 0.6) is 0 Å². The van der Waals surface area contributed by atoms with Gasteiger partial charge in [-0.1, -0.05) is 133 Å². The van der Waals surface area contributed by atoms with Crippen molar-refractivity contribution in [3.05, 3.63) is 163 Å².